The Morgan fingerprint density at radius 2 is 1.43 bits per heavy atom. The molecule has 0 aromatic heterocycles. The quantitative estimate of drug-likeness (QED) is 0.427. The van der Waals surface area contributed by atoms with E-state index in [1.807, 2.05) is 9.83 Å². The standard InChI is InChI=1S/2CH3.H2S3.2Sn/c;;1-3-2;;/h2*1H3;1-2H;;/q;;;2*+1/p-2. The number of hydrogen-bond acceptors (Lipinski definition) is 3. The zero-order chi connectivity index (χ0) is 5.54. The molecule has 0 nitrogen and oxygen atoms in total. The van der Waals surface area contributed by atoms with Crippen LogP contribution in [-0.2, 0) is 0 Å². The van der Waals surface area contributed by atoms with Crippen LogP contribution in [0.4, 0.5) is 0 Å². The molecule has 0 aliphatic rings. The second-order valence-corrected chi connectivity index (χ2v) is 20.1. The summed E-state index contributed by atoms with van der Waals surface area (Å²) in [6.45, 7) is 0. The van der Waals surface area contributed by atoms with Gasteiger partial charge in [0.2, 0.25) is 0 Å². The fourth-order valence-corrected chi connectivity index (χ4v) is 33.0. The van der Waals surface area contributed by atoms with Crippen molar-refractivity contribution in [3.63, 3.8) is 0 Å². The van der Waals surface area contributed by atoms with Crippen LogP contribution < -0.4 is 0 Å². The van der Waals surface area contributed by atoms with Crippen LogP contribution in [0.1, 0.15) is 0 Å². The SMILES string of the molecule is [CH3][Sn][S]S[S][Sn][CH3]. The summed E-state index contributed by atoms with van der Waals surface area (Å²) >= 11 is 0.126. The van der Waals surface area contributed by atoms with E-state index < -0.39 is 0 Å². The third-order valence-electron chi connectivity index (χ3n) is 0.235. The first-order valence-electron chi connectivity index (χ1n) is 1.74. The van der Waals surface area contributed by atoms with Crippen LogP contribution in [0.5, 0.6) is 0 Å². The molecule has 0 N–H and O–H groups in total. The Hall–Kier alpha value is 2.65. The van der Waals surface area contributed by atoms with Crippen LogP contribution in [0, 0.1) is 0 Å². The van der Waals surface area contributed by atoms with E-state index in [-0.39, 0.29) is 39.5 Å². The van der Waals surface area contributed by atoms with Gasteiger partial charge < -0.3 is 0 Å². The molecule has 0 rings (SSSR count). The Labute approximate surface area is 73.9 Å². The van der Waals surface area contributed by atoms with Crippen molar-refractivity contribution in [2.75, 3.05) is 0 Å². The van der Waals surface area contributed by atoms with E-state index >= 15 is 0 Å². The monoisotopic (exact) mass is 366 g/mol. The van der Waals surface area contributed by atoms with E-state index in [9.17, 15) is 0 Å². The Morgan fingerprint density at radius 3 is 1.71 bits per heavy atom. The Balaban J connectivity index is 2.45. The second kappa shape index (κ2) is 8.65. The molecule has 0 unspecified atom stereocenters. The van der Waals surface area contributed by atoms with E-state index in [1.54, 1.807) is 0 Å². The zero-order valence-electron chi connectivity index (χ0n) is 4.22. The summed E-state index contributed by atoms with van der Waals surface area (Å²) in [6, 6.07) is 0. The molecular formula is C2H6S3Sn2. The van der Waals surface area contributed by atoms with Crippen molar-refractivity contribution in [2.45, 2.75) is 9.88 Å². The summed E-state index contributed by atoms with van der Waals surface area (Å²) in [7, 11) is 6.29. The first-order valence-corrected chi connectivity index (χ1v) is 17.9. The molecule has 7 heavy (non-hydrogen) atoms. The molecule has 0 heterocycles. The molecule has 0 atom stereocenters. The summed E-state index contributed by atoms with van der Waals surface area (Å²) < 4.78 is 0. The average Bonchev–Trinajstić information content (AvgIpc) is 1.69. The van der Waals surface area contributed by atoms with Gasteiger partial charge in [0.15, 0.2) is 0 Å². The van der Waals surface area contributed by atoms with Gasteiger partial charge >= 0.3 is 75.2 Å². The molecule has 0 fully saturated rings. The first kappa shape index (κ1) is 9.65. The molecule has 4 radical (unpaired) electrons. The van der Waals surface area contributed by atoms with Crippen LogP contribution >= 0.6 is 25.8 Å². The van der Waals surface area contributed by atoms with Crippen LogP contribution in [-0.4, -0.2) is 39.5 Å². The minimum absolute atomic E-state index is 0.0630. The molecule has 0 aromatic rings. The van der Waals surface area contributed by atoms with Gasteiger partial charge in [0.25, 0.3) is 0 Å². The molecule has 40 valence electrons. The number of hydrogen-bond donors (Lipinski definition) is 0. The molecule has 0 aliphatic heterocycles. The van der Waals surface area contributed by atoms with Crippen molar-refractivity contribution in [2.24, 2.45) is 0 Å². The molecule has 0 spiro atoms. The van der Waals surface area contributed by atoms with Crippen LogP contribution in [0.3, 0.4) is 0 Å². The maximum atomic E-state index is 2.36. The third-order valence-corrected chi connectivity index (χ3v) is 22.4. The molecule has 5 heteroatoms. The van der Waals surface area contributed by atoms with Gasteiger partial charge in [-0.15, -0.1) is 0 Å². The van der Waals surface area contributed by atoms with Crippen molar-refractivity contribution in [3.8, 4) is 0 Å². The molecule has 0 bridgehead atoms. The molecule has 0 amide bonds. The number of rotatable bonds is 4. The second-order valence-electron chi connectivity index (χ2n) is 0.643. The van der Waals surface area contributed by atoms with E-state index in [4.69, 9.17) is 0 Å². The average molecular weight is 364 g/mol. The van der Waals surface area contributed by atoms with Gasteiger partial charge in [-0.25, -0.2) is 0 Å². The van der Waals surface area contributed by atoms with Gasteiger partial charge in [-0.1, -0.05) is 0 Å². The van der Waals surface area contributed by atoms with E-state index in [1.165, 1.54) is 0 Å². The van der Waals surface area contributed by atoms with Crippen molar-refractivity contribution < 1.29 is 0 Å². The Bertz CT molecular complexity index is 30.1. The van der Waals surface area contributed by atoms with E-state index in [2.05, 4.69) is 25.8 Å². The molecular weight excluding hydrogens is 358 g/mol. The zero-order valence-corrected chi connectivity index (χ0v) is 12.4. The third kappa shape index (κ3) is 8.65. The molecule has 0 saturated carbocycles. The summed E-state index contributed by atoms with van der Waals surface area (Å²) in [5.41, 5.74) is 0. The summed E-state index contributed by atoms with van der Waals surface area (Å²) in [5, 5.41) is 0. The van der Waals surface area contributed by atoms with Crippen molar-refractivity contribution in [1.82, 2.24) is 0 Å². The van der Waals surface area contributed by atoms with Gasteiger partial charge in [-0.2, -0.15) is 0 Å². The maximum absolute atomic E-state index is 2.36. The van der Waals surface area contributed by atoms with Crippen molar-refractivity contribution in [3.05, 3.63) is 0 Å². The van der Waals surface area contributed by atoms with Gasteiger partial charge in [-0.05, 0) is 0 Å². The fraction of sp³-hybridized carbons (Fsp3) is 1.00. The topological polar surface area (TPSA) is 0 Å². The van der Waals surface area contributed by atoms with Crippen LogP contribution in [0.2, 0.25) is 9.88 Å². The van der Waals surface area contributed by atoms with Gasteiger partial charge in [0.05, 0.1) is 0 Å². The summed E-state index contributed by atoms with van der Waals surface area (Å²) in [5.74, 6) is 0. The fourth-order valence-electron chi connectivity index (χ4n) is 0.0851. The predicted octanol–water partition coefficient (Wildman–Crippen LogP) is 2.35. The van der Waals surface area contributed by atoms with Gasteiger partial charge in [0.1, 0.15) is 0 Å². The van der Waals surface area contributed by atoms with E-state index in [0.717, 1.165) is 0 Å². The molecule has 0 aliphatic carbocycles. The molecule has 0 aromatic carbocycles. The van der Waals surface area contributed by atoms with Crippen LogP contribution in [0.15, 0.2) is 0 Å². The van der Waals surface area contributed by atoms with Crippen molar-refractivity contribution >= 4 is 65.3 Å². The van der Waals surface area contributed by atoms with Crippen LogP contribution in [0.25, 0.3) is 0 Å². The first-order chi connectivity index (χ1) is 3.41. The minimum atomic E-state index is 0.0630. The van der Waals surface area contributed by atoms with E-state index in [0.29, 0.717) is 0 Å². The predicted molar refractivity (Wildman–Crippen MR) is 46.0 cm³/mol. The summed E-state index contributed by atoms with van der Waals surface area (Å²) in [4.78, 5) is 4.73. The Morgan fingerprint density at radius 1 is 1.00 bits per heavy atom. The summed E-state index contributed by atoms with van der Waals surface area (Å²) in [6.07, 6.45) is 0. The Kier molecular flexibility index (Phi) is 11.9. The van der Waals surface area contributed by atoms with Gasteiger partial charge in [-0.3, -0.25) is 0 Å². The molecule has 0 saturated heterocycles. The van der Waals surface area contributed by atoms with Crippen molar-refractivity contribution in [1.29, 1.82) is 0 Å². The van der Waals surface area contributed by atoms with Gasteiger partial charge in [0, 0.05) is 0 Å². The normalized spacial score (nSPS) is 9.43.